The number of carbonyl (C=O) groups is 1. The lowest BCUT2D eigenvalue weighted by Gasteiger charge is -2.26. The molecule has 7 heteroatoms. The van der Waals surface area contributed by atoms with Crippen LogP contribution in [0.15, 0.2) is 53.4 Å². The molecule has 1 atom stereocenters. The molecule has 0 unspecified atom stereocenters. The van der Waals surface area contributed by atoms with E-state index in [9.17, 15) is 13.2 Å². The molecule has 168 valence electrons. The fourth-order valence-electron chi connectivity index (χ4n) is 3.87. The molecule has 1 N–H and O–H groups in total. The molecule has 3 rings (SSSR count). The quantitative estimate of drug-likeness (QED) is 0.640. The maximum Gasteiger partial charge on any atom is 0.243 e. The number of methoxy groups -OCH3 is 1. The minimum atomic E-state index is -3.52. The average molecular weight is 445 g/mol. The maximum absolute atomic E-state index is 13.0. The van der Waals surface area contributed by atoms with E-state index in [1.54, 1.807) is 29.6 Å². The van der Waals surface area contributed by atoms with Crippen LogP contribution in [0.1, 0.15) is 49.7 Å². The second kappa shape index (κ2) is 10.8. The topological polar surface area (TPSA) is 75.7 Å². The van der Waals surface area contributed by atoms with Crippen LogP contribution in [-0.2, 0) is 21.2 Å². The second-order valence-corrected chi connectivity index (χ2v) is 9.99. The first kappa shape index (κ1) is 23.3. The lowest BCUT2D eigenvalue weighted by Crippen LogP contribution is -2.35. The molecule has 6 nitrogen and oxygen atoms in total. The van der Waals surface area contributed by atoms with E-state index in [0.29, 0.717) is 31.8 Å². The number of hydrogen-bond acceptors (Lipinski definition) is 4. The van der Waals surface area contributed by atoms with Gasteiger partial charge in [0.1, 0.15) is 5.75 Å². The van der Waals surface area contributed by atoms with E-state index >= 15 is 0 Å². The first-order chi connectivity index (χ1) is 14.9. The van der Waals surface area contributed by atoms with Gasteiger partial charge < -0.3 is 10.1 Å². The highest BCUT2D eigenvalue weighted by atomic mass is 32.2. The number of amides is 1. The molecule has 0 aliphatic carbocycles. The van der Waals surface area contributed by atoms with Crippen LogP contribution in [0.5, 0.6) is 5.75 Å². The monoisotopic (exact) mass is 444 g/mol. The SMILES string of the molecule is COc1ccc(S(=O)(=O)N2CCCCC2)cc1CCC(=O)NC[C@@H](C)c1ccccc1. The molecule has 1 saturated heterocycles. The zero-order valence-corrected chi connectivity index (χ0v) is 19.2. The van der Waals surface area contributed by atoms with Gasteiger partial charge >= 0.3 is 0 Å². The molecule has 1 fully saturated rings. The van der Waals surface area contributed by atoms with Crippen molar-refractivity contribution in [1.82, 2.24) is 9.62 Å². The zero-order valence-electron chi connectivity index (χ0n) is 18.3. The predicted octanol–water partition coefficient (Wildman–Crippen LogP) is 3.72. The Morgan fingerprint density at radius 2 is 1.81 bits per heavy atom. The van der Waals surface area contributed by atoms with E-state index in [4.69, 9.17) is 4.74 Å². The van der Waals surface area contributed by atoms with Crippen LogP contribution in [0.25, 0.3) is 0 Å². The van der Waals surface area contributed by atoms with Crippen molar-refractivity contribution in [3.8, 4) is 5.75 Å². The van der Waals surface area contributed by atoms with Crippen molar-refractivity contribution in [3.63, 3.8) is 0 Å². The smallest absolute Gasteiger partial charge is 0.243 e. The lowest BCUT2D eigenvalue weighted by atomic mass is 10.0. The number of benzene rings is 2. The van der Waals surface area contributed by atoms with Crippen LogP contribution >= 0.6 is 0 Å². The van der Waals surface area contributed by atoms with Crippen molar-refractivity contribution in [2.24, 2.45) is 0 Å². The molecule has 1 amide bonds. The average Bonchev–Trinajstić information content (AvgIpc) is 2.82. The predicted molar refractivity (Wildman–Crippen MR) is 122 cm³/mol. The zero-order chi connectivity index (χ0) is 22.3. The maximum atomic E-state index is 13.0. The molecular weight excluding hydrogens is 412 g/mol. The summed E-state index contributed by atoms with van der Waals surface area (Å²) in [6, 6.07) is 15.0. The fourth-order valence-corrected chi connectivity index (χ4v) is 5.44. The van der Waals surface area contributed by atoms with Crippen molar-refractivity contribution in [1.29, 1.82) is 0 Å². The van der Waals surface area contributed by atoms with Gasteiger partial charge in [0, 0.05) is 26.1 Å². The summed E-state index contributed by atoms with van der Waals surface area (Å²) in [5, 5.41) is 2.98. The van der Waals surface area contributed by atoms with Gasteiger partial charge in [-0.2, -0.15) is 4.31 Å². The molecule has 2 aromatic rings. The van der Waals surface area contributed by atoms with Gasteiger partial charge in [-0.3, -0.25) is 4.79 Å². The highest BCUT2D eigenvalue weighted by Gasteiger charge is 2.26. The first-order valence-corrected chi connectivity index (χ1v) is 12.3. The number of ether oxygens (including phenoxy) is 1. The Bertz CT molecular complexity index is 970. The van der Waals surface area contributed by atoms with Crippen LogP contribution in [0.3, 0.4) is 0 Å². The molecule has 0 aromatic heterocycles. The molecule has 1 aliphatic rings. The number of sulfonamides is 1. The van der Waals surface area contributed by atoms with Gasteiger partial charge in [-0.05, 0) is 54.5 Å². The highest BCUT2D eigenvalue weighted by Crippen LogP contribution is 2.27. The van der Waals surface area contributed by atoms with Gasteiger partial charge in [0.2, 0.25) is 15.9 Å². The Kier molecular flexibility index (Phi) is 8.09. The van der Waals surface area contributed by atoms with Gasteiger partial charge in [0.25, 0.3) is 0 Å². The number of piperidine rings is 1. The van der Waals surface area contributed by atoms with Crippen molar-refractivity contribution in [3.05, 3.63) is 59.7 Å². The molecule has 1 aliphatic heterocycles. The minimum Gasteiger partial charge on any atom is -0.496 e. The van der Waals surface area contributed by atoms with E-state index in [1.807, 2.05) is 18.2 Å². The van der Waals surface area contributed by atoms with Crippen molar-refractivity contribution >= 4 is 15.9 Å². The summed E-state index contributed by atoms with van der Waals surface area (Å²) in [7, 11) is -1.97. The molecule has 0 saturated carbocycles. The van der Waals surface area contributed by atoms with Gasteiger partial charge in [-0.1, -0.05) is 43.7 Å². The number of nitrogens with one attached hydrogen (secondary N) is 1. The van der Waals surface area contributed by atoms with Gasteiger partial charge in [-0.25, -0.2) is 8.42 Å². The largest absolute Gasteiger partial charge is 0.496 e. The Morgan fingerprint density at radius 1 is 1.10 bits per heavy atom. The Hall–Kier alpha value is -2.38. The van der Waals surface area contributed by atoms with E-state index in [-0.39, 0.29) is 23.1 Å². The van der Waals surface area contributed by atoms with E-state index in [0.717, 1.165) is 24.8 Å². The van der Waals surface area contributed by atoms with Crippen molar-refractivity contribution in [2.75, 3.05) is 26.7 Å². The highest BCUT2D eigenvalue weighted by molar-refractivity contribution is 7.89. The number of aryl methyl sites for hydroxylation is 1. The third-order valence-electron chi connectivity index (χ3n) is 5.80. The van der Waals surface area contributed by atoms with Gasteiger partial charge in [0.05, 0.1) is 12.0 Å². The Balaban J connectivity index is 1.62. The summed E-state index contributed by atoms with van der Waals surface area (Å²) in [5.74, 6) is 0.759. The van der Waals surface area contributed by atoms with E-state index < -0.39 is 10.0 Å². The number of nitrogens with zero attached hydrogens (tertiary/aromatic N) is 1. The van der Waals surface area contributed by atoms with Crippen LogP contribution in [-0.4, -0.2) is 45.4 Å². The van der Waals surface area contributed by atoms with Crippen LogP contribution in [0, 0.1) is 0 Å². The standard InChI is InChI=1S/C24H32N2O4S/c1-19(20-9-5-3-6-10-20)18-25-24(27)14-11-21-17-22(12-13-23(21)30-2)31(28,29)26-15-7-4-8-16-26/h3,5-6,9-10,12-13,17,19H,4,7-8,11,14-16,18H2,1-2H3,(H,25,27)/t19-/m1/s1. The number of hydrogen-bond donors (Lipinski definition) is 1. The van der Waals surface area contributed by atoms with Crippen LogP contribution in [0.2, 0.25) is 0 Å². The summed E-state index contributed by atoms with van der Waals surface area (Å²) in [6.45, 7) is 3.76. The molecule has 0 bridgehead atoms. The summed E-state index contributed by atoms with van der Waals surface area (Å²) in [4.78, 5) is 12.7. The lowest BCUT2D eigenvalue weighted by molar-refractivity contribution is -0.121. The molecular formula is C24H32N2O4S. The molecule has 2 aromatic carbocycles. The fraction of sp³-hybridized carbons (Fsp3) is 0.458. The van der Waals surface area contributed by atoms with E-state index in [2.05, 4.69) is 24.4 Å². The minimum absolute atomic E-state index is 0.0610. The molecule has 0 spiro atoms. The third kappa shape index (κ3) is 6.08. The first-order valence-electron chi connectivity index (χ1n) is 10.9. The summed E-state index contributed by atoms with van der Waals surface area (Å²) in [6.07, 6.45) is 3.54. The third-order valence-corrected chi connectivity index (χ3v) is 7.69. The normalized spacial score (nSPS) is 15.9. The molecule has 31 heavy (non-hydrogen) atoms. The van der Waals surface area contributed by atoms with Crippen LogP contribution < -0.4 is 10.1 Å². The summed E-state index contributed by atoms with van der Waals surface area (Å²) < 4.78 is 33.0. The number of rotatable bonds is 9. The van der Waals surface area contributed by atoms with Gasteiger partial charge in [-0.15, -0.1) is 0 Å². The van der Waals surface area contributed by atoms with Crippen molar-refractivity contribution < 1.29 is 17.9 Å². The summed E-state index contributed by atoms with van der Waals surface area (Å²) >= 11 is 0. The summed E-state index contributed by atoms with van der Waals surface area (Å²) in [5.41, 5.74) is 1.91. The molecule has 1 heterocycles. The number of carbonyl (C=O) groups excluding carboxylic acids is 1. The van der Waals surface area contributed by atoms with Gasteiger partial charge in [0.15, 0.2) is 0 Å². The van der Waals surface area contributed by atoms with Crippen molar-refractivity contribution in [2.45, 2.75) is 49.8 Å². The second-order valence-electron chi connectivity index (χ2n) is 8.05. The van der Waals surface area contributed by atoms with E-state index in [1.165, 1.54) is 5.56 Å². The molecule has 0 radical (unpaired) electrons. The Labute approximate surface area is 185 Å². The Morgan fingerprint density at radius 3 is 2.48 bits per heavy atom. The van der Waals surface area contributed by atoms with Crippen LogP contribution in [0.4, 0.5) is 0 Å².